The molecule has 0 fully saturated rings. The molecule has 158 valence electrons. The minimum absolute atomic E-state index is 0.138. The molecule has 2 aromatic heterocycles. The predicted molar refractivity (Wildman–Crippen MR) is 119 cm³/mol. The molecule has 2 heterocycles. The third-order valence-corrected chi connectivity index (χ3v) is 5.31. The van der Waals surface area contributed by atoms with Crippen LogP contribution in [-0.4, -0.2) is 18.1 Å². The van der Waals surface area contributed by atoms with E-state index in [4.69, 9.17) is 36.8 Å². The largest absolute Gasteiger partial charge is 0.496 e. The van der Waals surface area contributed by atoms with Crippen LogP contribution in [0.1, 0.15) is 16.3 Å². The number of aliphatic hydroxyl groups excluding tert-OH is 1. The normalized spacial score (nSPS) is 10.8. The van der Waals surface area contributed by atoms with Crippen molar-refractivity contribution in [1.82, 2.24) is 0 Å². The highest BCUT2D eigenvalue weighted by Crippen LogP contribution is 2.34. The summed E-state index contributed by atoms with van der Waals surface area (Å²) in [5, 5.41) is 12.9. The lowest BCUT2D eigenvalue weighted by Gasteiger charge is -2.10. The average Bonchev–Trinajstić information content (AvgIpc) is 3.45. The molecule has 0 aliphatic carbocycles. The van der Waals surface area contributed by atoms with Crippen LogP contribution in [0.3, 0.4) is 0 Å². The fraction of sp³-hybridized carbons (Fsp3) is 0.0870. The Hall–Kier alpha value is -3.19. The molecule has 6 nitrogen and oxygen atoms in total. The molecular formula is C23H17Cl2NO5. The number of halogens is 2. The molecule has 0 atom stereocenters. The highest BCUT2D eigenvalue weighted by molar-refractivity contribution is 6.42. The number of hydrogen-bond acceptors (Lipinski definition) is 5. The summed E-state index contributed by atoms with van der Waals surface area (Å²) >= 11 is 12.0. The van der Waals surface area contributed by atoms with Crippen molar-refractivity contribution in [3.8, 4) is 28.4 Å². The number of anilines is 1. The molecule has 0 spiro atoms. The Morgan fingerprint density at radius 1 is 0.968 bits per heavy atom. The SMILES string of the molecule is COc1ccc(NC(=O)c2ccc(-c3ccc(Cl)c(Cl)c3)o2)cc1-c1ccc(CO)o1. The van der Waals surface area contributed by atoms with Gasteiger partial charge >= 0.3 is 0 Å². The molecule has 1 amide bonds. The van der Waals surface area contributed by atoms with Gasteiger partial charge in [-0.1, -0.05) is 23.2 Å². The molecular weight excluding hydrogens is 441 g/mol. The number of ether oxygens (including phenoxy) is 1. The van der Waals surface area contributed by atoms with E-state index < -0.39 is 5.91 Å². The maximum atomic E-state index is 12.7. The molecule has 2 aromatic carbocycles. The van der Waals surface area contributed by atoms with E-state index in [1.54, 1.807) is 67.8 Å². The summed E-state index contributed by atoms with van der Waals surface area (Å²) < 4.78 is 16.7. The van der Waals surface area contributed by atoms with Gasteiger partial charge in [-0.3, -0.25) is 4.79 Å². The van der Waals surface area contributed by atoms with E-state index in [0.717, 1.165) is 0 Å². The monoisotopic (exact) mass is 457 g/mol. The smallest absolute Gasteiger partial charge is 0.291 e. The maximum absolute atomic E-state index is 12.7. The summed E-state index contributed by atoms with van der Waals surface area (Å²) in [7, 11) is 1.54. The van der Waals surface area contributed by atoms with Gasteiger partial charge in [0.25, 0.3) is 5.91 Å². The Kier molecular flexibility index (Phi) is 6.04. The number of carbonyl (C=O) groups is 1. The van der Waals surface area contributed by atoms with E-state index in [2.05, 4.69) is 5.32 Å². The van der Waals surface area contributed by atoms with Gasteiger partial charge in [0.15, 0.2) is 5.76 Å². The maximum Gasteiger partial charge on any atom is 0.291 e. The first-order chi connectivity index (χ1) is 15.0. The Morgan fingerprint density at radius 2 is 1.77 bits per heavy atom. The van der Waals surface area contributed by atoms with Crippen molar-refractivity contribution in [1.29, 1.82) is 0 Å². The Labute approximate surface area is 188 Å². The predicted octanol–water partition coefficient (Wildman–Crippen LogP) is 6.27. The van der Waals surface area contributed by atoms with Crippen molar-refractivity contribution in [2.45, 2.75) is 6.61 Å². The van der Waals surface area contributed by atoms with Gasteiger partial charge in [0, 0.05) is 11.3 Å². The Morgan fingerprint density at radius 3 is 2.48 bits per heavy atom. The van der Waals surface area contributed by atoms with Gasteiger partial charge in [0.1, 0.15) is 29.6 Å². The fourth-order valence-electron chi connectivity index (χ4n) is 3.04. The molecule has 4 rings (SSSR count). The number of rotatable bonds is 6. The van der Waals surface area contributed by atoms with Crippen molar-refractivity contribution in [3.63, 3.8) is 0 Å². The number of benzene rings is 2. The zero-order valence-corrected chi connectivity index (χ0v) is 17.8. The summed E-state index contributed by atoms with van der Waals surface area (Å²) in [6.07, 6.45) is 0. The lowest BCUT2D eigenvalue weighted by Crippen LogP contribution is -2.10. The van der Waals surface area contributed by atoms with Crippen molar-refractivity contribution in [3.05, 3.63) is 82.2 Å². The molecule has 4 aromatic rings. The first-order valence-corrected chi connectivity index (χ1v) is 9.98. The standard InChI is InChI=1S/C23H17Cl2NO5/c1-29-20-6-3-14(11-16(20)21-7-4-15(12-27)30-21)26-23(28)22-9-8-19(31-22)13-2-5-17(24)18(25)10-13/h2-11,27H,12H2,1H3,(H,26,28). The van der Waals surface area contributed by atoms with E-state index in [9.17, 15) is 9.90 Å². The quantitative estimate of drug-likeness (QED) is 0.356. The van der Waals surface area contributed by atoms with Gasteiger partial charge in [-0.15, -0.1) is 0 Å². The van der Waals surface area contributed by atoms with Gasteiger partial charge in [-0.2, -0.15) is 0 Å². The summed E-state index contributed by atoms with van der Waals surface area (Å²) in [6, 6.07) is 16.9. The fourth-order valence-corrected chi connectivity index (χ4v) is 3.34. The van der Waals surface area contributed by atoms with E-state index in [-0.39, 0.29) is 12.4 Å². The van der Waals surface area contributed by atoms with E-state index >= 15 is 0 Å². The van der Waals surface area contributed by atoms with Crippen LogP contribution < -0.4 is 10.1 Å². The molecule has 0 saturated carbocycles. The first-order valence-electron chi connectivity index (χ1n) is 9.23. The van der Waals surface area contributed by atoms with Crippen LogP contribution in [-0.2, 0) is 6.61 Å². The second kappa shape index (κ2) is 8.89. The molecule has 8 heteroatoms. The van der Waals surface area contributed by atoms with Gasteiger partial charge in [0.05, 0.1) is 22.7 Å². The molecule has 0 bridgehead atoms. The van der Waals surface area contributed by atoms with Crippen molar-refractivity contribution < 1.29 is 23.5 Å². The average molecular weight is 458 g/mol. The number of hydrogen-bond donors (Lipinski definition) is 2. The van der Waals surface area contributed by atoms with Crippen LogP contribution in [0.5, 0.6) is 5.75 Å². The summed E-state index contributed by atoms with van der Waals surface area (Å²) in [5.74, 6) is 1.72. The summed E-state index contributed by atoms with van der Waals surface area (Å²) in [4.78, 5) is 12.7. The molecule has 2 N–H and O–H groups in total. The highest BCUT2D eigenvalue weighted by Gasteiger charge is 2.16. The summed E-state index contributed by atoms with van der Waals surface area (Å²) in [6.45, 7) is -0.210. The Balaban J connectivity index is 1.57. The zero-order chi connectivity index (χ0) is 22.0. The number of aliphatic hydroxyl groups is 1. The third kappa shape index (κ3) is 4.46. The number of methoxy groups -OCH3 is 1. The van der Waals surface area contributed by atoms with E-state index in [0.29, 0.717) is 49.9 Å². The second-order valence-electron chi connectivity index (χ2n) is 6.59. The van der Waals surface area contributed by atoms with E-state index in [1.165, 1.54) is 0 Å². The van der Waals surface area contributed by atoms with E-state index in [1.807, 2.05) is 0 Å². The van der Waals surface area contributed by atoms with Crippen molar-refractivity contribution in [2.75, 3.05) is 12.4 Å². The van der Waals surface area contributed by atoms with Crippen molar-refractivity contribution in [2.24, 2.45) is 0 Å². The third-order valence-electron chi connectivity index (χ3n) is 4.57. The van der Waals surface area contributed by atoms with Crippen LogP contribution in [0.4, 0.5) is 5.69 Å². The first kappa shape index (κ1) is 21.1. The number of carbonyl (C=O) groups excluding carboxylic acids is 1. The Bertz CT molecular complexity index is 1240. The van der Waals surface area contributed by atoms with Crippen LogP contribution in [0, 0.1) is 0 Å². The lowest BCUT2D eigenvalue weighted by atomic mass is 10.1. The highest BCUT2D eigenvalue weighted by atomic mass is 35.5. The molecule has 0 aliphatic rings. The molecule has 0 aliphatic heterocycles. The van der Waals surface area contributed by atoms with Crippen LogP contribution >= 0.6 is 23.2 Å². The molecule has 0 unspecified atom stereocenters. The second-order valence-corrected chi connectivity index (χ2v) is 7.40. The van der Waals surface area contributed by atoms with Gasteiger partial charge in [-0.25, -0.2) is 0 Å². The number of amides is 1. The van der Waals surface area contributed by atoms with Crippen LogP contribution in [0.25, 0.3) is 22.6 Å². The molecule has 0 saturated heterocycles. The van der Waals surface area contributed by atoms with Gasteiger partial charge < -0.3 is 24.0 Å². The zero-order valence-electron chi connectivity index (χ0n) is 16.3. The lowest BCUT2D eigenvalue weighted by molar-refractivity contribution is 0.0997. The van der Waals surface area contributed by atoms with Gasteiger partial charge in [0.2, 0.25) is 0 Å². The van der Waals surface area contributed by atoms with Crippen molar-refractivity contribution >= 4 is 34.8 Å². The minimum Gasteiger partial charge on any atom is -0.496 e. The van der Waals surface area contributed by atoms with Crippen LogP contribution in [0.2, 0.25) is 10.0 Å². The minimum atomic E-state index is -0.419. The topological polar surface area (TPSA) is 84.8 Å². The van der Waals surface area contributed by atoms with Gasteiger partial charge in [-0.05, 0) is 60.7 Å². The number of nitrogens with one attached hydrogen (secondary N) is 1. The van der Waals surface area contributed by atoms with Crippen LogP contribution in [0.15, 0.2) is 69.5 Å². The number of furan rings is 2. The molecule has 31 heavy (non-hydrogen) atoms. The summed E-state index contributed by atoms with van der Waals surface area (Å²) in [5.41, 5.74) is 1.86. The molecule has 0 radical (unpaired) electrons.